The average molecular weight is 143 g/mol. The second-order valence-corrected chi connectivity index (χ2v) is 1.20. The second-order valence-electron chi connectivity index (χ2n) is 0.743. The molecule has 0 aliphatic rings. The highest BCUT2D eigenvalue weighted by Gasteiger charge is 1.62. The van der Waals surface area contributed by atoms with Gasteiger partial charge >= 0.3 is 0 Å². The van der Waals surface area contributed by atoms with Crippen LogP contribution in [0.1, 0.15) is 0 Å². The van der Waals surface area contributed by atoms with Gasteiger partial charge in [-0.1, -0.05) is 0 Å². The van der Waals surface area contributed by atoms with Crippen molar-refractivity contribution in [3.63, 3.8) is 0 Å². The zero-order chi connectivity index (χ0) is 6.99. The number of hydrogen-bond acceptors (Lipinski definition) is 3. The third-order valence-electron chi connectivity index (χ3n) is 0.129. The summed E-state index contributed by atoms with van der Waals surface area (Å²) in [5.74, 6) is 0. The van der Waals surface area contributed by atoms with Gasteiger partial charge in [0.1, 0.15) is 0 Å². The van der Waals surface area contributed by atoms with Crippen LogP contribution in [0.15, 0.2) is 0 Å². The molecule has 8 heavy (non-hydrogen) atoms. The zero-order valence-electron chi connectivity index (χ0n) is 4.15. The van der Waals surface area contributed by atoms with Crippen LogP contribution >= 0.6 is 0 Å². The second kappa shape index (κ2) is 10.1. The van der Waals surface area contributed by atoms with Crippen LogP contribution in [0.4, 0.5) is 0 Å². The standard InChI is InChI=1S/C2H7NO.H2O3S/c3-1-2-4;1-4(2)3/h4H,1-3H2;(H2,1,2,3). The van der Waals surface area contributed by atoms with Crippen molar-refractivity contribution in [2.24, 2.45) is 5.73 Å². The number of aliphatic hydroxyl groups excluding tert-OH is 1. The van der Waals surface area contributed by atoms with E-state index in [0.29, 0.717) is 6.54 Å². The fraction of sp³-hybridized carbons (Fsp3) is 1.00. The molecule has 0 rings (SSSR count). The first-order valence-corrected chi connectivity index (χ1v) is 2.82. The molecular weight excluding hydrogens is 134 g/mol. The maximum absolute atomic E-state index is 8.67. The van der Waals surface area contributed by atoms with Crippen molar-refractivity contribution in [2.75, 3.05) is 13.2 Å². The molecule has 5 nitrogen and oxygen atoms in total. The molecule has 6 heteroatoms. The Balaban J connectivity index is 0. The van der Waals surface area contributed by atoms with Crippen molar-refractivity contribution in [1.82, 2.24) is 0 Å². The van der Waals surface area contributed by atoms with Gasteiger partial charge in [0.05, 0.1) is 6.61 Å². The molecule has 0 unspecified atom stereocenters. The summed E-state index contributed by atoms with van der Waals surface area (Å²) >= 11 is -2.61. The number of aliphatic hydroxyl groups is 1. The van der Waals surface area contributed by atoms with Crippen molar-refractivity contribution in [1.29, 1.82) is 0 Å². The van der Waals surface area contributed by atoms with E-state index < -0.39 is 11.4 Å². The summed E-state index contributed by atoms with van der Waals surface area (Å²) in [6, 6.07) is 0. The van der Waals surface area contributed by atoms with Gasteiger partial charge in [-0.15, -0.1) is 0 Å². The zero-order valence-corrected chi connectivity index (χ0v) is 4.97. The van der Waals surface area contributed by atoms with Crippen molar-refractivity contribution < 1.29 is 18.4 Å². The van der Waals surface area contributed by atoms with Crippen LogP contribution in [0.5, 0.6) is 0 Å². The Kier molecular flexibility index (Phi) is 13.7. The van der Waals surface area contributed by atoms with Crippen LogP contribution in [0.3, 0.4) is 0 Å². The van der Waals surface area contributed by atoms with Crippen LogP contribution in [0.25, 0.3) is 0 Å². The Morgan fingerprint density at radius 3 is 1.62 bits per heavy atom. The molecule has 0 bridgehead atoms. The van der Waals surface area contributed by atoms with E-state index in [1.807, 2.05) is 0 Å². The molecule has 0 fully saturated rings. The molecule has 0 saturated carbocycles. The minimum Gasteiger partial charge on any atom is -0.395 e. The Morgan fingerprint density at radius 1 is 1.50 bits per heavy atom. The Hall–Kier alpha value is -0.0100. The molecule has 52 valence electrons. The lowest BCUT2D eigenvalue weighted by Crippen LogP contribution is -2.02. The molecule has 0 aliphatic carbocycles. The van der Waals surface area contributed by atoms with Gasteiger partial charge in [-0.05, 0) is 0 Å². The SMILES string of the molecule is NCCO.O=S(O)O. The highest BCUT2D eigenvalue weighted by Crippen LogP contribution is 1.44. The van der Waals surface area contributed by atoms with Gasteiger partial charge in [0.2, 0.25) is 0 Å². The van der Waals surface area contributed by atoms with Crippen LogP contribution < -0.4 is 5.73 Å². The molecule has 0 atom stereocenters. The van der Waals surface area contributed by atoms with E-state index >= 15 is 0 Å². The lowest BCUT2D eigenvalue weighted by Gasteiger charge is -1.71. The number of hydrogen-bond donors (Lipinski definition) is 4. The quantitative estimate of drug-likeness (QED) is 0.339. The predicted molar refractivity (Wildman–Crippen MR) is 29.5 cm³/mol. The van der Waals surface area contributed by atoms with E-state index in [-0.39, 0.29) is 6.61 Å². The highest BCUT2D eigenvalue weighted by molar-refractivity contribution is 7.73. The van der Waals surface area contributed by atoms with Gasteiger partial charge in [0, 0.05) is 6.54 Å². The molecule has 0 aromatic heterocycles. The number of nitrogens with two attached hydrogens (primary N) is 1. The molecule has 0 aromatic carbocycles. The summed E-state index contributed by atoms with van der Waals surface area (Å²) in [4.78, 5) is 0. The van der Waals surface area contributed by atoms with Gasteiger partial charge in [-0.25, -0.2) is 0 Å². The maximum atomic E-state index is 8.67. The van der Waals surface area contributed by atoms with E-state index in [1.54, 1.807) is 0 Å². The third kappa shape index (κ3) is 152. The fourth-order valence-corrected chi connectivity index (χ4v) is 0. The first-order valence-electron chi connectivity index (χ1n) is 1.76. The fourth-order valence-electron chi connectivity index (χ4n) is 0. The number of rotatable bonds is 1. The summed E-state index contributed by atoms with van der Waals surface area (Å²) in [5, 5.41) is 7.75. The maximum Gasteiger partial charge on any atom is 0.299 e. The molecule has 0 amide bonds. The first-order chi connectivity index (χ1) is 3.65. The molecule has 0 heterocycles. The van der Waals surface area contributed by atoms with Crippen molar-refractivity contribution in [3.8, 4) is 0 Å². The monoisotopic (exact) mass is 143 g/mol. The Labute approximate surface area is 49.6 Å². The largest absolute Gasteiger partial charge is 0.395 e. The third-order valence-corrected chi connectivity index (χ3v) is 0.129. The molecular formula is C2H9NO4S. The minimum atomic E-state index is -2.61. The van der Waals surface area contributed by atoms with Crippen molar-refractivity contribution >= 4 is 11.4 Å². The molecule has 0 radical (unpaired) electrons. The molecule has 5 N–H and O–H groups in total. The minimum absolute atomic E-state index is 0.0972. The first kappa shape index (κ1) is 10.9. The van der Waals surface area contributed by atoms with Gasteiger partial charge < -0.3 is 10.8 Å². The average Bonchev–Trinajstić information content (AvgIpc) is 1.65. The summed E-state index contributed by atoms with van der Waals surface area (Å²) in [5.41, 5.74) is 4.78. The van der Waals surface area contributed by atoms with Crippen LogP contribution in [-0.2, 0) is 11.4 Å². The van der Waals surface area contributed by atoms with E-state index in [0.717, 1.165) is 0 Å². The Bertz CT molecular complexity index is 52.0. The molecule has 0 spiro atoms. The van der Waals surface area contributed by atoms with Gasteiger partial charge in [0.25, 0.3) is 11.4 Å². The van der Waals surface area contributed by atoms with Crippen LogP contribution in [-0.4, -0.2) is 31.6 Å². The van der Waals surface area contributed by atoms with Gasteiger partial charge in [-0.3, -0.25) is 9.11 Å². The van der Waals surface area contributed by atoms with Gasteiger partial charge in [0.15, 0.2) is 0 Å². The van der Waals surface area contributed by atoms with Crippen LogP contribution in [0, 0.1) is 0 Å². The van der Waals surface area contributed by atoms with E-state index in [9.17, 15) is 0 Å². The van der Waals surface area contributed by atoms with E-state index in [2.05, 4.69) is 0 Å². The smallest absolute Gasteiger partial charge is 0.299 e. The van der Waals surface area contributed by atoms with E-state index in [1.165, 1.54) is 0 Å². The summed E-state index contributed by atoms with van der Waals surface area (Å²) in [6.45, 7) is 0.472. The lowest BCUT2D eigenvalue weighted by molar-refractivity contribution is 0.306. The topological polar surface area (TPSA) is 104 Å². The lowest BCUT2D eigenvalue weighted by atomic mass is 10.8. The highest BCUT2D eigenvalue weighted by atomic mass is 32.2. The van der Waals surface area contributed by atoms with E-state index in [4.69, 9.17) is 24.2 Å². The summed E-state index contributed by atoms with van der Waals surface area (Å²) in [6.07, 6.45) is 0. The van der Waals surface area contributed by atoms with Crippen molar-refractivity contribution in [2.45, 2.75) is 0 Å². The van der Waals surface area contributed by atoms with Gasteiger partial charge in [-0.2, -0.15) is 4.21 Å². The summed E-state index contributed by atoms with van der Waals surface area (Å²) < 4.78 is 22.8. The summed E-state index contributed by atoms with van der Waals surface area (Å²) in [7, 11) is 0. The predicted octanol–water partition coefficient (Wildman–Crippen LogP) is -1.38. The molecule has 0 aliphatic heterocycles. The molecule has 0 saturated heterocycles. The molecule has 0 aromatic rings. The van der Waals surface area contributed by atoms with Crippen molar-refractivity contribution in [3.05, 3.63) is 0 Å². The van der Waals surface area contributed by atoms with Crippen LogP contribution in [0.2, 0.25) is 0 Å². The Morgan fingerprint density at radius 2 is 1.62 bits per heavy atom. The normalized spacial score (nSPS) is 8.12.